The lowest BCUT2D eigenvalue weighted by Crippen LogP contribution is -1.83. The van der Waals surface area contributed by atoms with Gasteiger partial charge in [0.15, 0.2) is 5.16 Å². The monoisotopic (exact) mass is 195 g/mol. The van der Waals surface area contributed by atoms with E-state index in [1.54, 1.807) is 18.6 Å². The molecule has 0 aliphatic carbocycles. The van der Waals surface area contributed by atoms with Crippen LogP contribution in [0.3, 0.4) is 0 Å². The Morgan fingerprint density at radius 1 is 1.38 bits per heavy atom. The normalized spacial score (nSPS) is 8.77. The van der Waals surface area contributed by atoms with Crippen LogP contribution < -0.4 is 0 Å². The maximum Gasteiger partial charge on any atom is 0.184 e. The summed E-state index contributed by atoms with van der Waals surface area (Å²) in [7, 11) is 0. The summed E-state index contributed by atoms with van der Waals surface area (Å²) in [5.74, 6) is 0. The second kappa shape index (κ2) is 5.26. The van der Waals surface area contributed by atoms with Crippen molar-refractivity contribution < 1.29 is 0 Å². The van der Waals surface area contributed by atoms with E-state index in [4.69, 9.17) is 0 Å². The minimum atomic E-state index is 0.532. The third-order valence-electron chi connectivity index (χ3n) is 1.11. The largest absolute Gasteiger partial charge is 0.266 e. The molecule has 0 unspecified atom stereocenters. The fraction of sp³-hybridized carbons (Fsp3) is 0.143. The smallest absolute Gasteiger partial charge is 0.184 e. The summed E-state index contributed by atoms with van der Waals surface area (Å²) in [5.41, 5.74) is 0.949. The van der Waals surface area contributed by atoms with Gasteiger partial charge < -0.3 is 0 Å². The Bertz CT molecular complexity index is 300. The third kappa shape index (κ3) is 4.22. The van der Waals surface area contributed by atoms with Crippen LogP contribution in [0.1, 0.15) is 5.69 Å². The lowest BCUT2D eigenvalue weighted by atomic mass is 10.5. The van der Waals surface area contributed by atoms with Crippen LogP contribution >= 0.6 is 12.6 Å². The molecular weight excluding hydrogens is 186 g/mol. The second-order valence-electron chi connectivity index (χ2n) is 2.16. The van der Waals surface area contributed by atoms with Crippen molar-refractivity contribution in [2.24, 2.45) is 0 Å². The van der Waals surface area contributed by atoms with Crippen molar-refractivity contribution in [2.75, 3.05) is 0 Å². The molecule has 0 spiro atoms. The molecule has 0 fully saturated rings. The van der Waals surface area contributed by atoms with Crippen molar-refractivity contribution in [3.8, 4) is 0 Å². The third-order valence-corrected chi connectivity index (χ3v) is 1.33. The van der Waals surface area contributed by atoms with Gasteiger partial charge in [0, 0.05) is 18.1 Å². The highest BCUT2D eigenvalue weighted by atomic mass is 32.1. The molecule has 2 aromatic rings. The van der Waals surface area contributed by atoms with Crippen molar-refractivity contribution in [3.63, 3.8) is 0 Å². The average Bonchev–Trinajstić information content (AvgIpc) is 2.59. The lowest BCUT2D eigenvalue weighted by molar-refractivity contribution is 0.939. The molecule has 0 aromatic carbocycles. The van der Waals surface area contributed by atoms with E-state index < -0.39 is 0 Å². The number of aromatic amines is 1. The first-order valence-corrected chi connectivity index (χ1v) is 4.03. The second-order valence-corrected chi connectivity index (χ2v) is 2.56. The molecule has 0 saturated carbocycles. The summed E-state index contributed by atoms with van der Waals surface area (Å²) in [6.07, 6.45) is 4.92. The zero-order chi connectivity index (χ0) is 9.52. The first kappa shape index (κ1) is 9.66. The summed E-state index contributed by atoms with van der Waals surface area (Å²) in [6, 6.07) is 1.83. The van der Waals surface area contributed by atoms with E-state index in [0.29, 0.717) is 5.16 Å². The number of hydrogen-bond donors (Lipinski definition) is 2. The Hall–Kier alpha value is -1.43. The summed E-state index contributed by atoms with van der Waals surface area (Å²) in [4.78, 5) is 7.72. The molecule has 6 heteroatoms. The number of aryl methyl sites for hydroxylation is 1. The minimum Gasteiger partial charge on any atom is -0.266 e. The highest BCUT2D eigenvalue weighted by Crippen LogP contribution is 1.95. The number of aromatic nitrogens is 5. The van der Waals surface area contributed by atoms with E-state index in [2.05, 4.69) is 38.0 Å². The first-order chi connectivity index (χ1) is 6.29. The van der Waals surface area contributed by atoms with E-state index in [9.17, 15) is 0 Å². The van der Waals surface area contributed by atoms with E-state index in [-0.39, 0.29) is 0 Å². The number of nitrogens with one attached hydrogen (secondary N) is 1. The van der Waals surface area contributed by atoms with Crippen LogP contribution in [0, 0.1) is 6.92 Å². The first-order valence-electron chi connectivity index (χ1n) is 3.58. The van der Waals surface area contributed by atoms with E-state index in [1.807, 2.05) is 13.0 Å². The summed E-state index contributed by atoms with van der Waals surface area (Å²) in [5, 5.41) is 9.80. The Balaban J connectivity index is 0.000000145. The lowest BCUT2D eigenvalue weighted by Gasteiger charge is -1.88. The van der Waals surface area contributed by atoms with Gasteiger partial charge in [0.05, 0.1) is 6.20 Å². The SMILES string of the molecule is Cc1ccnc(S)n1.c1c[nH]nn1. The van der Waals surface area contributed by atoms with Gasteiger partial charge >= 0.3 is 0 Å². The number of rotatable bonds is 0. The van der Waals surface area contributed by atoms with Crippen molar-refractivity contribution in [1.82, 2.24) is 25.4 Å². The fourth-order valence-electron chi connectivity index (χ4n) is 0.602. The zero-order valence-corrected chi connectivity index (χ0v) is 7.94. The predicted molar refractivity (Wildman–Crippen MR) is 50.4 cm³/mol. The fourth-order valence-corrected chi connectivity index (χ4v) is 0.827. The van der Waals surface area contributed by atoms with Gasteiger partial charge in [-0.3, -0.25) is 5.10 Å². The van der Waals surface area contributed by atoms with Gasteiger partial charge in [-0.05, 0) is 13.0 Å². The van der Waals surface area contributed by atoms with Crippen molar-refractivity contribution >= 4 is 12.6 Å². The number of H-pyrrole nitrogens is 1. The van der Waals surface area contributed by atoms with Crippen LogP contribution in [-0.4, -0.2) is 25.4 Å². The van der Waals surface area contributed by atoms with Gasteiger partial charge in [-0.2, -0.15) is 0 Å². The predicted octanol–water partition coefficient (Wildman–Crippen LogP) is 0.878. The Labute approximate surface area is 81.0 Å². The molecule has 2 rings (SSSR count). The zero-order valence-electron chi connectivity index (χ0n) is 7.05. The molecule has 0 bridgehead atoms. The average molecular weight is 195 g/mol. The molecule has 1 N–H and O–H groups in total. The topological polar surface area (TPSA) is 67.3 Å². The molecule has 68 valence electrons. The maximum atomic E-state index is 3.93. The van der Waals surface area contributed by atoms with E-state index >= 15 is 0 Å². The van der Waals surface area contributed by atoms with Crippen molar-refractivity contribution in [3.05, 3.63) is 30.4 Å². The van der Waals surface area contributed by atoms with Crippen molar-refractivity contribution in [2.45, 2.75) is 12.1 Å². The Morgan fingerprint density at radius 2 is 2.23 bits per heavy atom. The highest BCUT2D eigenvalue weighted by Gasteiger charge is 1.84. The summed E-state index contributed by atoms with van der Waals surface area (Å²) in [6.45, 7) is 1.90. The van der Waals surface area contributed by atoms with E-state index in [1.165, 1.54) is 0 Å². The van der Waals surface area contributed by atoms with E-state index in [0.717, 1.165) is 5.69 Å². The van der Waals surface area contributed by atoms with Gasteiger partial charge in [-0.1, -0.05) is 5.21 Å². The maximum absolute atomic E-state index is 3.93. The highest BCUT2D eigenvalue weighted by molar-refractivity contribution is 7.80. The van der Waals surface area contributed by atoms with Crippen LogP contribution in [-0.2, 0) is 0 Å². The Morgan fingerprint density at radius 3 is 2.54 bits per heavy atom. The molecule has 2 heterocycles. The molecular formula is C7H9N5S. The Kier molecular flexibility index (Phi) is 3.90. The van der Waals surface area contributed by atoms with Gasteiger partial charge in [0.2, 0.25) is 0 Å². The van der Waals surface area contributed by atoms with Gasteiger partial charge in [-0.25, -0.2) is 9.97 Å². The van der Waals surface area contributed by atoms with Gasteiger partial charge in [0.25, 0.3) is 0 Å². The molecule has 13 heavy (non-hydrogen) atoms. The van der Waals surface area contributed by atoms with Gasteiger partial charge in [-0.15, -0.1) is 17.7 Å². The van der Waals surface area contributed by atoms with Crippen LogP contribution in [0.5, 0.6) is 0 Å². The molecule has 2 aromatic heterocycles. The van der Waals surface area contributed by atoms with Crippen LogP contribution in [0.25, 0.3) is 0 Å². The molecule has 0 atom stereocenters. The summed E-state index contributed by atoms with van der Waals surface area (Å²) >= 11 is 3.93. The molecule has 0 amide bonds. The number of thiol groups is 1. The van der Waals surface area contributed by atoms with Crippen LogP contribution in [0.2, 0.25) is 0 Å². The molecule has 0 saturated heterocycles. The number of nitrogens with zero attached hydrogens (tertiary/aromatic N) is 4. The molecule has 0 radical (unpaired) electrons. The van der Waals surface area contributed by atoms with Crippen LogP contribution in [0.4, 0.5) is 0 Å². The minimum absolute atomic E-state index is 0.532. The molecule has 5 nitrogen and oxygen atoms in total. The standard InChI is InChI=1S/C5H6N2S.C2H3N3/c1-4-2-3-6-5(8)7-4;1-2-4-5-3-1/h2-3H,1H3,(H,6,7,8);1-2H,(H,3,4,5). The molecule has 0 aliphatic heterocycles. The number of hydrogen-bond acceptors (Lipinski definition) is 5. The van der Waals surface area contributed by atoms with Crippen LogP contribution in [0.15, 0.2) is 29.8 Å². The van der Waals surface area contributed by atoms with Crippen molar-refractivity contribution in [1.29, 1.82) is 0 Å². The van der Waals surface area contributed by atoms with Gasteiger partial charge in [0.1, 0.15) is 0 Å². The molecule has 0 aliphatic rings. The summed E-state index contributed by atoms with van der Waals surface area (Å²) < 4.78 is 0. The quantitative estimate of drug-likeness (QED) is 0.483.